The molecular formula is C17H17BrN2O2. The van der Waals surface area contributed by atoms with Gasteiger partial charge in [0.1, 0.15) is 0 Å². The molecule has 4 nitrogen and oxygen atoms in total. The Kier molecular flexibility index (Phi) is 5.72. The first kappa shape index (κ1) is 16.2. The van der Waals surface area contributed by atoms with Gasteiger partial charge in [0.15, 0.2) is 0 Å². The molecule has 0 heterocycles. The van der Waals surface area contributed by atoms with Gasteiger partial charge in [0.25, 0.3) is 11.8 Å². The number of anilines is 1. The van der Waals surface area contributed by atoms with E-state index in [9.17, 15) is 9.59 Å². The Balaban J connectivity index is 2.17. The average Bonchev–Trinajstić information content (AvgIpc) is 2.53. The third kappa shape index (κ3) is 4.18. The first-order valence-electron chi connectivity index (χ1n) is 7.06. The van der Waals surface area contributed by atoms with Gasteiger partial charge in [-0.3, -0.25) is 9.59 Å². The van der Waals surface area contributed by atoms with Crippen molar-refractivity contribution in [3.8, 4) is 0 Å². The molecule has 2 aromatic carbocycles. The fourth-order valence-electron chi connectivity index (χ4n) is 1.92. The van der Waals surface area contributed by atoms with Crippen LogP contribution in [0.2, 0.25) is 0 Å². The van der Waals surface area contributed by atoms with Crippen LogP contribution in [0, 0.1) is 0 Å². The van der Waals surface area contributed by atoms with E-state index in [-0.39, 0.29) is 11.8 Å². The predicted octanol–water partition coefficient (Wildman–Crippen LogP) is 3.84. The van der Waals surface area contributed by atoms with Crippen LogP contribution in [-0.4, -0.2) is 18.4 Å². The number of carbonyl (C=O) groups excluding carboxylic acids is 2. The molecule has 0 aliphatic rings. The molecule has 0 fully saturated rings. The van der Waals surface area contributed by atoms with Crippen LogP contribution in [0.15, 0.2) is 53.0 Å². The lowest BCUT2D eigenvalue weighted by Crippen LogP contribution is -2.25. The highest BCUT2D eigenvalue weighted by Crippen LogP contribution is 2.17. The van der Waals surface area contributed by atoms with Crippen molar-refractivity contribution in [2.75, 3.05) is 11.9 Å². The van der Waals surface area contributed by atoms with Gasteiger partial charge in [0.05, 0.1) is 11.3 Å². The molecule has 0 saturated heterocycles. The van der Waals surface area contributed by atoms with Crippen molar-refractivity contribution in [3.63, 3.8) is 0 Å². The van der Waals surface area contributed by atoms with Gasteiger partial charge in [0.2, 0.25) is 0 Å². The summed E-state index contributed by atoms with van der Waals surface area (Å²) in [4.78, 5) is 24.4. The topological polar surface area (TPSA) is 58.2 Å². The van der Waals surface area contributed by atoms with E-state index in [0.29, 0.717) is 23.4 Å². The number of carbonyl (C=O) groups is 2. The van der Waals surface area contributed by atoms with Gasteiger partial charge in [-0.05, 0) is 42.8 Å². The van der Waals surface area contributed by atoms with Gasteiger partial charge in [-0.15, -0.1) is 0 Å². The zero-order valence-corrected chi connectivity index (χ0v) is 13.8. The minimum absolute atomic E-state index is 0.187. The second-order valence-electron chi connectivity index (χ2n) is 4.76. The van der Waals surface area contributed by atoms with Gasteiger partial charge in [-0.1, -0.05) is 35.0 Å². The summed E-state index contributed by atoms with van der Waals surface area (Å²) in [5.74, 6) is -0.434. The Morgan fingerprint density at radius 2 is 1.68 bits per heavy atom. The molecule has 0 unspecified atom stereocenters. The van der Waals surface area contributed by atoms with E-state index in [0.717, 1.165) is 10.9 Å². The summed E-state index contributed by atoms with van der Waals surface area (Å²) in [5, 5.41) is 5.60. The van der Waals surface area contributed by atoms with Gasteiger partial charge in [0, 0.05) is 16.6 Å². The number of nitrogens with one attached hydrogen (secondary N) is 2. The molecule has 0 saturated carbocycles. The molecule has 0 bridgehead atoms. The van der Waals surface area contributed by atoms with Gasteiger partial charge < -0.3 is 10.6 Å². The van der Waals surface area contributed by atoms with Crippen molar-refractivity contribution in [2.24, 2.45) is 0 Å². The number of rotatable bonds is 5. The molecule has 2 rings (SSSR count). The van der Waals surface area contributed by atoms with Gasteiger partial charge >= 0.3 is 0 Å². The predicted molar refractivity (Wildman–Crippen MR) is 91.2 cm³/mol. The van der Waals surface area contributed by atoms with E-state index in [1.807, 2.05) is 6.92 Å². The molecule has 0 aliphatic heterocycles. The van der Waals surface area contributed by atoms with Crippen LogP contribution in [0.4, 0.5) is 5.69 Å². The highest BCUT2D eigenvalue weighted by molar-refractivity contribution is 9.10. The first-order valence-corrected chi connectivity index (χ1v) is 7.85. The highest BCUT2D eigenvalue weighted by atomic mass is 79.9. The second-order valence-corrected chi connectivity index (χ2v) is 5.68. The Bertz CT molecular complexity index is 669. The third-order valence-electron chi connectivity index (χ3n) is 3.06. The smallest absolute Gasteiger partial charge is 0.255 e. The number of halogens is 1. The number of benzene rings is 2. The van der Waals surface area contributed by atoms with Crippen molar-refractivity contribution in [3.05, 3.63) is 64.1 Å². The summed E-state index contributed by atoms with van der Waals surface area (Å²) in [5.41, 5.74) is 1.50. The van der Waals surface area contributed by atoms with E-state index in [4.69, 9.17) is 0 Å². The molecule has 2 amide bonds. The molecule has 114 valence electrons. The van der Waals surface area contributed by atoms with E-state index < -0.39 is 0 Å². The Morgan fingerprint density at radius 1 is 1.00 bits per heavy atom. The van der Waals surface area contributed by atoms with Gasteiger partial charge in [-0.25, -0.2) is 0 Å². The number of hydrogen-bond acceptors (Lipinski definition) is 2. The van der Waals surface area contributed by atoms with Gasteiger partial charge in [-0.2, -0.15) is 0 Å². The molecule has 0 atom stereocenters. The largest absolute Gasteiger partial charge is 0.352 e. The fourth-order valence-corrected chi connectivity index (χ4v) is 2.18. The normalized spacial score (nSPS) is 10.1. The molecule has 22 heavy (non-hydrogen) atoms. The van der Waals surface area contributed by atoms with E-state index in [1.165, 1.54) is 0 Å². The van der Waals surface area contributed by atoms with Crippen LogP contribution in [0.3, 0.4) is 0 Å². The average molecular weight is 361 g/mol. The van der Waals surface area contributed by atoms with Crippen LogP contribution >= 0.6 is 15.9 Å². The molecule has 0 radical (unpaired) electrons. The molecule has 0 aromatic heterocycles. The Hall–Kier alpha value is -2.14. The molecule has 2 N–H and O–H groups in total. The summed E-state index contributed by atoms with van der Waals surface area (Å²) in [6.07, 6.45) is 0.860. The zero-order valence-electron chi connectivity index (χ0n) is 12.2. The van der Waals surface area contributed by atoms with Crippen molar-refractivity contribution in [2.45, 2.75) is 13.3 Å². The Labute approximate surface area is 138 Å². The standard InChI is InChI=1S/C17H17BrN2O2/c1-2-11-19-17(22)14-5-3-4-6-15(14)20-16(21)12-7-9-13(18)10-8-12/h3-10H,2,11H2,1H3,(H,19,22)(H,20,21). The summed E-state index contributed by atoms with van der Waals surface area (Å²) < 4.78 is 0.906. The lowest BCUT2D eigenvalue weighted by molar-refractivity contribution is 0.0954. The minimum atomic E-state index is -0.247. The van der Waals surface area contributed by atoms with Crippen molar-refractivity contribution in [1.82, 2.24) is 5.32 Å². The van der Waals surface area contributed by atoms with Crippen LogP contribution < -0.4 is 10.6 Å². The molecule has 5 heteroatoms. The van der Waals surface area contributed by atoms with Crippen molar-refractivity contribution >= 4 is 33.4 Å². The molecule has 2 aromatic rings. The maximum atomic E-state index is 12.3. The summed E-state index contributed by atoms with van der Waals surface area (Å²) in [7, 11) is 0. The molecular weight excluding hydrogens is 344 g/mol. The molecule has 0 spiro atoms. The first-order chi connectivity index (χ1) is 10.6. The van der Waals surface area contributed by atoms with Crippen LogP contribution in [-0.2, 0) is 0 Å². The highest BCUT2D eigenvalue weighted by Gasteiger charge is 2.13. The quantitative estimate of drug-likeness (QED) is 0.850. The number of amides is 2. The van der Waals surface area contributed by atoms with Crippen LogP contribution in [0.25, 0.3) is 0 Å². The minimum Gasteiger partial charge on any atom is -0.352 e. The monoisotopic (exact) mass is 360 g/mol. The second kappa shape index (κ2) is 7.75. The van der Waals surface area contributed by atoms with E-state index in [2.05, 4.69) is 26.6 Å². The lowest BCUT2D eigenvalue weighted by Gasteiger charge is -2.11. The third-order valence-corrected chi connectivity index (χ3v) is 3.59. The van der Waals surface area contributed by atoms with Crippen molar-refractivity contribution in [1.29, 1.82) is 0 Å². The lowest BCUT2D eigenvalue weighted by atomic mass is 10.1. The SMILES string of the molecule is CCCNC(=O)c1ccccc1NC(=O)c1ccc(Br)cc1. The molecule has 0 aliphatic carbocycles. The maximum absolute atomic E-state index is 12.3. The Morgan fingerprint density at radius 3 is 2.36 bits per heavy atom. The summed E-state index contributed by atoms with van der Waals surface area (Å²) in [6, 6.07) is 14.0. The summed E-state index contributed by atoms with van der Waals surface area (Å²) >= 11 is 3.33. The fraction of sp³-hybridized carbons (Fsp3) is 0.176. The number of hydrogen-bond donors (Lipinski definition) is 2. The zero-order chi connectivity index (χ0) is 15.9. The summed E-state index contributed by atoms with van der Waals surface area (Å²) in [6.45, 7) is 2.59. The van der Waals surface area contributed by atoms with Crippen LogP contribution in [0.5, 0.6) is 0 Å². The van der Waals surface area contributed by atoms with E-state index >= 15 is 0 Å². The van der Waals surface area contributed by atoms with Crippen molar-refractivity contribution < 1.29 is 9.59 Å². The van der Waals surface area contributed by atoms with E-state index in [1.54, 1.807) is 48.5 Å². The maximum Gasteiger partial charge on any atom is 0.255 e. The number of para-hydroxylation sites is 1. The van der Waals surface area contributed by atoms with Crippen LogP contribution in [0.1, 0.15) is 34.1 Å².